The van der Waals surface area contributed by atoms with Gasteiger partial charge in [-0.2, -0.15) is 0 Å². The van der Waals surface area contributed by atoms with Gasteiger partial charge in [0.25, 0.3) is 0 Å². The molecule has 0 unspecified atom stereocenters. The van der Waals surface area contributed by atoms with Crippen molar-refractivity contribution in [1.29, 1.82) is 0 Å². The van der Waals surface area contributed by atoms with E-state index in [9.17, 15) is 4.79 Å². The predicted octanol–water partition coefficient (Wildman–Crippen LogP) is 3.52. The Kier molecular flexibility index (Phi) is 4.41. The molecule has 0 fully saturated rings. The van der Waals surface area contributed by atoms with Gasteiger partial charge < -0.3 is 9.88 Å². The molecule has 3 aromatic rings. The van der Waals surface area contributed by atoms with Crippen molar-refractivity contribution < 1.29 is 4.79 Å². The normalized spacial score (nSPS) is 11.8. The Morgan fingerprint density at radius 2 is 2.00 bits per heavy atom. The molecule has 24 heavy (non-hydrogen) atoms. The predicted molar refractivity (Wildman–Crippen MR) is 97.1 cm³/mol. The van der Waals surface area contributed by atoms with E-state index in [0.29, 0.717) is 13.0 Å². The average Bonchev–Trinajstić information content (AvgIpc) is 3.12. The number of H-pyrrole nitrogens is 1. The fraction of sp³-hybridized carbons (Fsp3) is 0.389. The third kappa shape index (κ3) is 3.64. The molecule has 2 aromatic heterocycles. The minimum Gasteiger partial charge on any atom is -0.340 e. The fourth-order valence-electron chi connectivity index (χ4n) is 2.42. The van der Waals surface area contributed by atoms with Crippen molar-refractivity contribution in [3.8, 4) is 0 Å². The van der Waals surface area contributed by atoms with Gasteiger partial charge in [0, 0.05) is 17.8 Å². The van der Waals surface area contributed by atoms with Gasteiger partial charge in [0.05, 0.1) is 34.7 Å². The Hall–Kier alpha value is -2.21. The van der Waals surface area contributed by atoms with Crippen LogP contribution in [-0.2, 0) is 23.2 Å². The summed E-state index contributed by atoms with van der Waals surface area (Å²) in [6.07, 6.45) is 0.323. The van der Waals surface area contributed by atoms with Gasteiger partial charge in [-0.25, -0.2) is 9.97 Å². The molecule has 0 saturated heterocycles. The highest BCUT2D eigenvalue weighted by atomic mass is 32.1. The van der Waals surface area contributed by atoms with Crippen molar-refractivity contribution in [2.75, 3.05) is 7.05 Å². The van der Waals surface area contributed by atoms with E-state index < -0.39 is 0 Å². The summed E-state index contributed by atoms with van der Waals surface area (Å²) in [6.45, 7) is 6.85. The van der Waals surface area contributed by atoms with Gasteiger partial charge in [-0.1, -0.05) is 32.9 Å². The number of likely N-dealkylation sites (N-methyl/N-ethyl adjacent to an activating group) is 1. The van der Waals surface area contributed by atoms with Gasteiger partial charge in [0.1, 0.15) is 5.82 Å². The number of benzene rings is 1. The topological polar surface area (TPSA) is 61.9 Å². The third-order valence-corrected chi connectivity index (χ3v) is 5.09. The number of thiazole rings is 1. The SMILES string of the molecule is CN(Cc1nc2ccccc2[nH]1)C(=O)Cc1csc(C(C)(C)C)n1. The zero-order valence-corrected chi connectivity index (χ0v) is 15.3. The zero-order chi connectivity index (χ0) is 17.3. The molecule has 0 spiro atoms. The van der Waals surface area contributed by atoms with E-state index in [-0.39, 0.29) is 11.3 Å². The van der Waals surface area contributed by atoms with E-state index in [2.05, 4.69) is 35.7 Å². The van der Waals surface area contributed by atoms with Crippen LogP contribution in [0.5, 0.6) is 0 Å². The van der Waals surface area contributed by atoms with E-state index in [1.54, 1.807) is 23.3 Å². The third-order valence-electron chi connectivity index (χ3n) is 3.78. The molecule has 1 N–H and O–H groups in total. The quantitative estimate of drug-likeness (QED) is 0.789. The summed E-state index contributed by atoms with van der Waals surface area (Å²) in [7, 11) is 1.80. The Balaban J connectivity index is 1.65. The lowest BCUT2D eigenvalue weighted by atomic mass is 9.98. The summed E-state index contributed by atoms with van der Waals surface area (Å²) in [5.74, 6) is 0.835. The number of rotatable bonds is 4. The Labute approximate surface area is 145 Å². The number of fused-ring (bicyclic) bond motifs is 1. The molecule has 2 heterocycles. The summed E-state index contributed by atoms with van der Waals surface area (Å²) in [5.41, 5.74) is 2.77. The number of para-hydroxylation sites is 2. The van der Waals surface area contributed by atoms with Crippen molar-refractivity contribution >= 4 is 28.3 Å². The van der Waals surface area contributed by atoms with Crippen molar-refractivity contribution in [3.05, 3.63) is 46.2 Å². The van der Waals surface area contributed by atoms with Crippen molar-refractivity contribution in [2.24, 2.45) is 0 Å². The number of aromatic nitrogens is 3. The van der Waals surface area contributed by atoms with E-state index in [1.165, 1.54) is 0 Å². The lowest BCUT2D eigenvalue weighted by Crippen LogP contribution is -2.28. The first-order valence-corrected chi connectivity index (χ1v) is 8.83. The van der Waals surface area contributed by atoms with Crippen LogP contribution in [0.3, 0.4) is 0 Å². The van der Waals surface area contributed by atoms with Gasteiger partial charge in [-0.05, 0) is 12.1 Å². The molecule has 0 bridgehead atoms. The van der Waals surface area contributed by atoms with Gasteiger partial charge >= 0.3 is 0 Å². The summed E-state index contributed by atoms with van der Waals surface area (Å²) in [5, 5.41) is 3.04. The maximum absolute atomic E-state index is 12.4. The Bertz CT molecular complexity index is 826. The monoisotopic (exact) mass is 342 g/mol. The van der Waals surface area contributed by atoms with E-state index >= 15 is 0 Å². The van der Waals surface area contributed by atoms with Crippen LogP contribution in [0.25, 0.3) is 11.0 Å². The standard InChI is InChI=1S/C18H22N4OS/c1-18(2,3)17-19-12(11-24-17)9-16(23)22(4)10-15-20-13-7-5-6-8-14(13)21-15/h5-8,11H,9-10H2,1-4H3,(H,20,21). The van der Waals surface area contributed by atoms with Gasteiger partial charge in [0.2, 0.25) is 5.91 Å². The number of hydrogen-bond donors (Lipinski definition) is 1. The van der Waals surface area contributed by atoms with Gasteiger partial charge in [0.15, 0.2) is 0 Å². The first kappa shape index (κ1) is 16.6. The van der Waals surface area contributed by atoms with Crippen LogP contribution < -0.4 is 0 Å². The molecule has 0 atom stereocenters. The number of amides is 1. The number of carbonyl (C=O) groups excluding carboxylic acids is 1. The molecule has 126 valence electrons. The number of nitrogens with zero attached hydrogens (tertiary/aromatic N) is 3. The lowest BCUT2D eigenvalue weighted by molar-refractivity contribution is -0.129. The minimum atomic E-state index is 0.0200. The molecule has 0 radical (unpaired) electrons. The molecule has 3 rings (SSSR count). The molecular formula is C18H22N4OS. The van der Waals surface area contributed by atoms with Crippen molar-refractivity contribution in [1.82, 2.24) is 19.9 Å². The molecule has 1 aromatic carbocycles. The summed E-state index contributed by atoms with van der Waals surface area (Å²) in [6, 6.07) is 7.86. The highest BCUT2D eigenvalue weighted by Gasteiger charge is 2.20. The second kappa shape index (κ2) is 6.36. The minimum absolute atomic E-state index is 0.0200. The Morgan fingerprint density at radius 3 is 2.67 bits per heavy atom. The molecule has 5 nitrogen and oxygen atoms in total. The summed E-state index contributed by atoms with van der Waals surface area (Å²) >= 11 is 1.62. The van der Waals surface area contributed by atoms with Crippen molar-refractivity contribution in [3.63, 3.8) is 0 Å². The van der Waals surface area contributed by atoms with E-state index in [0.717, 1.165) is 27.6 Å². The van der Waals surface area contributed by atoms with Gasteiger partial charge in [-0.3, -0.25) is 4.79 Å². The molecule has 0 saturated carbocycles. The van der Waals surface area contributed by atoms with Crippen molar-refractivity contribution in [2.45, 2.75) is 39.2 Å². The average molecular weight is 342 g/mol. The van der Waals surface area contributed by atoms with Crippen LogP contribution in [-0.4, -0.2) is 32.8 Å². The molecule has 0 aliphatic heterocycles. The number of aromatic amines is 1. The first-order chi connectivity index (χ1) is 11.3. The highest BCUT2D eigenvalue weighted by molar-refractivity contribution is 7.09. The number of nitrogens with one attached hydrogen (secondary N) is 1. The zero-order valence-electron chi connectivity index (χ0n) is 14.5. The van der Waals surface area contributed by atoms with Crippen LogP contribution in [0.4, 0.5) is 0 Å². The van der Waals surface area contributed by atoms with E-state index in [4.69, 9.17) is 0 Å². The highest BCUT2D eigenvalue weighted by Crippen LogP contribution is 2.25. The summed E-state index contributed by atoms with van der Waals surface area (Å²) in [4.78, 5) is 26.5. The number of hydrogen-bond acceptors (Lipinski definition) is 4. The van der Waals surface area contributed by atoms with Crippen LogP contribution in [0.15, 0.2) is 29.6 Å². The molecular weight excluding hydrogens is 320 g/mol. The lowest BCUT2D eigenvalue weighted by Gasteiger charge is -2.15. The number of imidazole rings is 1. The fourth-order valence-corrected chi connectivity index (χ4v) is 3.32. The maximum atomic E-state index is 12.4. The Morgan fingerprint density at radius 1 is 1.25 bits per heavy atom. The van der Waals surface area contributed by atoms with Crippen LogP contribution >= 0.6 is 11.3 Å². The largest absolute Gasteiger partial charge is 0.340 e. The molecule has 6 heteroatoms. The smallest absolute Gasteiger partial charge is 0.228 e. The van der Waals surface area contributed by atoms with Crippen LogP contribution in [0, 0.1) is 0 Å². The van der Waals surface area contributed by atoms with E-state index in [1.807, 2.05) is 29.6 Å². The number of carbonyl (C=O) groups is 1. The molecule has 1 amide bonds. The van der Waals surface area contributed by atoms with Crippen LogP contribution in [0.1, 0.15) is 37.3 Å². The molecule has 0 aliphatic carbocycles. The van der Waals surface area contributed by atoms with Crippen LogP contribution in [0.2, 0.25) is 0 Å². The summed E-state index contributed by atoms with van der Waals surface area (Å²) < 4.78 is 0. The maximum Gasteiger partial charge on any atom is 0.228 e. The second-order valence-corrected chi connectivity index (χ2v) is 7.88. The second-order valence-electron chi connectivity index (χ2n) is 7.02. The molecule has 0 aliphatic rings. The first-order valence-electron chi connectivity index (χ1n) is 7.95. The van der Waals surface area contributed by atoms with Gasteiger partial charge in [-0.15, -0.1) is 11.3 Å².